The Labute approximate surface area is 107 Å². The van der Waals surface area contributed by atoms with Crippen LogP contribution in [-0.4, -0.2) is 24.0 Å². The van der Waals surface area contributed by atoms with Gasteiger partial charge in [-0.3, -0.25) is 0 Å². The number of nitriles is 1. The molecule has 1 aromatic carbocycles. The molecular weight excluding hydrogens is 257 g/mol. The number of nitrogens with zero attached hydrogens (tertiary/aromatic N) is 2. The van der Waals surface area contributed by atoms with Gasteiger partial charge in [-0.2, -0.15) is 18.4 Å². The van der Waals surface area contributed by atoms with Crippen LogP contribution in [0.2, 0.25) is 0 Å². The molecule has 0 N–H and O–H groups in total. The van der Waals surface area contributed by atoms with Gasteiger partial charge >= 0.3 is 6.18 Å². The fourth-order valence-electron chi connectivity index (χ4n) is 1.82. The highest BCUT2D eigenvalue weighted by molar-refractivity contribution is 5.81. The van der Waals surface area contributed by atoms with Crippen molar-refractivity contribution in [3.63, 3.8) is 0 Å². The lowest BCUT2D eigenvalue weighted by Gasteiger charge is -2.09. The number of aromatic nitrogens is 1. The molecule has 3 nitrogen and oxygen atoms in total. The minimum atomic E-state index is -4.29. The lowest BCUT2D eigenvalue weighted by atomic mass is 10.2. The Bertz CT molecular complexity index is 610. The molecular formula is C13H11F3N2O. The van der Waals surface area contributed by atoms with E-state index < -0.39 is 12.8 Å². The molecule has 0 saturated carbocycles. The third kappa shape index (κ3) is 3.48. The number of hydrogen-bond donors (Lipinski definition) is 0. The first-order chi connectivity index (χ1) is 8.99. The summed E-state index contributed by atoms with van der Waals surface area (Å²) in [4.78, 5) is 0. The SMILES string of the molecule is N#Cc1ccc2c(ccn2CCOCC(F)(F)F)c1. The monoisotopic (exact) mass is 268 g/mol. The van der Waals surface area contributed by atoms with Gasteiger partial charge in [-0.15, -0.1) is 0 Å². The van der Waals surface area contributed by atoms with Gasteiger partial charge in [-0.05, 0) is 24.3 Å². The molecule has 2 rings (SSSR count). The van der Waals surface area contributed by atoms with Crippen molar-refractivity contribution in [1.82, 2.24) is 4.57 Å². The lowest BCUT2D eigenvalue weighted by molar-refractivity contribution is -0.174. The van der Waals surface area contributed by atoms with E-state index in [1.54, 1.807) is 29.0 Å². The predicted octanol–water partition coefficient (Wildman–Crippen LogP) is 3.09. The molecule has 19 heavy (non-hydrogen) atoms. The van der Waals surface area contributed by atoms with Crippen LogP contribution >= 0.6 is 0 Å². The Morgan fingerprint density at radius 3 is 2.74 bits per heavy atom. The van der Waals surface area contributed by atoms with Crippen molar-refractivity contribution in [2.45, 2.75) is 12.7 Å². The molecule has 0 aliphatic carbocycles. The summed E-state index contributed by atoms with van der Waals surface area (Å²) in [7, 11) is 0. The fraction of sp³-hybridized carbons (Fsp3) is 0.308. The van der Waals surface area contributed by atoms with Gasteiger partial charge < -0.3 is 9.30 Å². The highest BCUT2D eigenvalue weighted by atomic mass is 19.4. The molecule has 100 valence electrons. The van der Waals surface area contributed by atoms with E-state index in [2.05, 4.69) is 4.74 Å². The summed E-state index contributed by atoms with van der Waals surface area (Å²) < 4.78 is 42.1. The molecule has 0 fully saturated rings. The van der Waals surface area contributed by atoms with Crippen LogP contribution < -0.4 is 0 Å². The largest absolute Gasteiger partial charge is 0.411 e. The van der Waals surface area contributed by atoms with Crippen LogP contribution in [0.25, 0.3) is 10.9 Å². The van der Waals surface area contributed by atoms with E-state index in [-0.39, 0.29) is 6.61 Å². The molecule has 0 saturated heterocycles. The molecule has 0 bridgehead atoms. The first-order valence-electron chi connectivity index (χ1n) is 5.63. The second-order valence-corrected chi connectivity index (χ2v) is 4.06. The molecule has 2 aromatic rings. The maximum absolute atomic E-state index is 11.9. The van der Waals surface area contributed by atoms with Gasteiger partial charge in [0.15, 0.2) is 0 Å². The maximum Gasteiger partial charge on any atom is 0.411 e. The van der Waals surface area contributed by atoms with E-state index in [1.807, 2.05) is 12.1 Å². The third-order valence-corrected chi connectivity index (χ3v) is 2.64. The van der Waals surface area contributed by atoms with Crippen molar-refractivity contribution in [3.05, 3.63) is 36.0 Å². The minimum absolute atomic E-state index is 0.0106. The average Bonchev–Trinajstić information content (AvgIpc) is 2.75. The van der Waals surface area contributed by atoms with E-state index in [9.17, 15) is 13.2 Å². The normalized spacial score (nSPS) is 11.7. The number of benzene rings is 1. The molecule has 1 aromatic heterocycles. The first kappa shape index (κ1) is 13.4. The zero-order valence-electron chi connectivity index (χ0n) is 9.94. The summed E-state index contributed by atoms with van der Waals surface area (Å²) >= 11 is 0. The highest BCUT2D eigenvalue weighted by Gasteiger charge is 2.27. The summed E-state index contributed by atoms with van der Waals surface area (Å²) in [5.41, 5.74) is 1.42. The number of alkyl halides is 3. The van der Waals surface area contributed by atoms with Crippen LogP contribution in [0, 0.1) is 11.3 Å². The number of ether oxygens (including phenoxy) is 1. The van der Waals surface area contributed by atoms with Crippen molar-refractivity contribution < 1.29 is 17.9 Å². The molecule has 6 heteroatoms. The van der Waals surface area contributed by atoms with E-state index in [0.717, 1.165) is 10.9 Å². The van der Waals surface area contributed by atoms with Crippen molar-refractivity contribution in [2.24, 2.45) is 0 Å². The van der Waals surface area contributed by atoms with Crippen LogP contribution in [0.1, 0.15) is 5.56 Å². The Morgan fingerprint density at radius 1 is 1.26 bits per heavy atom. The molecule has 0 unspecified atom stereocenters. The van der Waals surface area contributed by atoms with E-state index in [1.165, 1.54) is 0 Å². The summed E-state index contributed by atoms with van der Waals surface area (Å²) in [5.74, 6) is 0. The molecule has 1 heterocycles. The zero-order chi connectivity index (χ0) is 13.9. The highest BCUT2D eigenvalue weighted by Crippen LogP contribution is 2.18. The number of halogens is 3. The molecule has 0 spiro atoms. The van der Waals surface area contributed by atoms with E-state index >= 15 is 0 Å². The smallest absolute Gasteiger partial charge is 0.370 e. The van der Waals surface area contributed by atoms with Gasteiger partial charge in [0.05, 0.1) is 18.2 Å². The summed E-state index contributed by atoms with van der Waals surface area (Å²) in [6.45, 7) is -0.903. The summed E-state index contributed by atoms with van der Waals surface area (Å²) in [5, 5.41) is 9.65. The van der Waals surface area contributed by atoms with Gasteiger partial charge in [0.2, 0.25) is 0 Å². The van der Waals surface area contributed by atoms with Gasteiger partial charge in [-0.1, -0.05) is 0 Å². The van der Waals surface area contributed by atoms with Crippen LogP contribution in [-0.2, 0) is 11.3 Å². The van der Waals surface area contributed by atoms with Gasteiger partial charge in [0.1, 0.15) is 6.61 Å². The van der Waals surface area contributed by atoms with Crippen molar-refractivity contribution in [3.8, 4) is 6.07 Å². The van der Waals surface area contributed by atoms with E-state index in [4.69, 9.17) is 5.26 Å². The molecule has 0 aliphatic heterocycles. The second kappa shape index (κ2) is 5.33. The zero-order valence-corrected chi connectivity index (χ0v) is 9.94. The average molecular weight is 268 g/mol. The third-order valence-electron chi connectivity index (χ3n) is 2.64. The lowest BCUT2D eigenvalue weighted by Crippen LogP contribution is -2.18. The molecule has 0 aliphatic rings. The number of fused-ring (bicyclic) bond motifs is 1. The summed E-state index contributed by atoms with van der Waals surface area (Å²) in [6.07, 6.45) is -2.52. The van der Waals surface area contributed by atoms with Gasteiger partial charge in [0, 0.05) is 23.6 Å². The maximum atomic E-state index is 11.9. The quantitative estimate of drug-likeness (QED) is 0.799. The van der Waals surface area contributed by atoms with Crippen LogP contribution in [0.5, 0.6) is 0 Å². The minimum Gasteiger partial charge on any atom is -0.370 e. The van der Waals surface area contributed by atoms with Gasteiger partial charge in [0.25, 0.3) is 0 Å². The Kier molecular flexibility index (Phi) is 3.76. The molecule has 0 radical (unpaired) electrons. The standard InChI is InChI=1S/C13H11F3N2O/c14-13(15,16)9-19-6-5-18-4-3-11-7-10(8-17)1-2-12(11)18/h1-4,7H,5-6,9H2. The van der Waals surface area contributed by atoms with Crippen LogP contribution in [0.15, 0.2) is 30.5 Å². The van der Waals surface area contributed by atoms with Crippen molar-refractivity contribution >= 4 is 10.9 Å². The number of rotatable bonds is 4. The second-order valence-electron chi connectivity index (χ2n) is 4.06. The van der Waals surface area contributed by atoms with Crippen molar-refractivity contribution in [1.29, 1.82) is 5.26 Å². The summed E-state index contributed by atoms with van der Waals surface area (Å²) in [6, 6.07) is 9.05. The van der Waals surface area contributed by atoms with E-state index in [0.29, 0.717) is 12.1 Å². The topological polar surface area (TPSA) is 38.0 Å². The Hall–Kier alpha value is -2.00. The molecule has 0 atom stereocenters. The molecule has 0 amide bonds. The first-order valence-corrected chi connectivity index (χ1v) is 5.63. The van der Waals surface area contributed by atoms with Crippen molar-refractivity contribution in [2.75, 3.05) is 13.2 Å². The Balaban J connectivity index is 2.00. The van der Waals surface area contributed by atoms with Crippen LogP contribution in [0.3, 0.4) is 0 Å². The predicted molar refractivity (Wildman–Crippen MR) is 63.5 cm³/mol. The van der Waals surface area contributed by atoms with Gasteiger partial charge in [-0.25, -0.2) is 0 Å². The number of hydrogen-bond acceptors (Lipinski definition) is 2. The fourth-order valence-corrected chi connectivity index (χ4v) is 1.82. The van der Waals surface area contributed by atoms with Crippen LogP contribution in [0.4, 0.5) is 13.2 Å². The Morgan fingerprint density at radius 2 is 2.05 bits per heavy atom.